The van der Waals surface area contributed by atoms with Crippen molar-refractivity contribution >= 4 is 11.8 Å². The molecule has 0 bridgehead atoms. The molecule has 4 nitrogen and oxygen atoms in total. The van der Waals surface area contributed by atoms with Crippen LogP contribution >= 0.6 is 0 Å². The van der Waals surface area contributed by atoms with E-state index in [2.05, 4.69) is 5.32 Å². The standard InChI is InChI=1S/C11H9NO3/c13-10-5-9(11(14)15)12-6-7-3-1-2-4-8(7)10/h1-5,12H,6H2,(H,14,15). The Kier molecular flexibility index (Phi) is 2.25. The fourth-order valence-corrected chi connectivity index (χ4v) is 1.50. The fraction of sp³-hybridized carbons (Fsp3) is 0.0909. The molecular weight excluding hydrogens is 194 g/mol. The van der Waals surface area contributed by atoms with E-state index in [-0.39, 0.29) is 11.5 Å². The number of benzene rings is 1. The normalized spacial score (nSPS) is 14.7. The van der Waals surface area contributed by atoms with Crippen LogP contribution in [0.25, 0.3) is 0 Å². The largest absolute Gasteiger partial charge is 0.477 e. The number of fused-ring (bicyclic) bond motifs is 1. The van der Waals surface area contributed by atoms with E-state index in [4.69, 9.17) is 5.11 Å². The zero-order chi connectivity index (χ0) is 10.8. The number of carboxylic acids is 1. The van der Waals surface area contributed by atoms with E-state index in [1.165, 1.54) is 0 Å². The zero-order valence-corrected chi connectivity index (χ0v) is 7.86. The summed E-state index contributed by atoms with van der Waals surface area (Å²) >= 11 is 0. The first-order valence-electron chi connectivity index (χ1n) is 4.49. The lowest BCUT2D eigenvalue weighted by Crippen LogP contribution is -2.18. The van der Waals surface area contributed by atoms with Gasteiger partial charge in [-0.1, -0.05) is 24.3 Å². The first kappa shape index (κ1) is 9.45. The summed E-state index contributed by atoms with van der Waals surface area (Å²) in [6.07, 6.45) is 1.12. The topological polar surface area (TPSA) is 66.4 Å². The summed E-state index contributed by atoms with van der Waals surface area (Å²) in [4.78, 5) is 22.4. The summed E-state index contributed by atoms with van der Waals surface area (Å²) in [6.45, 7) is 0.361. The molecule has 2 rings (SSSR count). The average molecular weight is 203 g/mol. The van der Waals surface area contributed by atoms with Gasteiger partial charge < -0.3 is 10.4 Å². The van der Waals surface area contributed by atoms with Gasteiger partial charge in [0.25, 0.3) is 0 Å². The number of hydrogen-bond donors (Lipinski definition) is 2. The second-order valence-electron chi connectivity index (χ2n) is 3.24. The van der Waals surface area contributed by atoms with Crippen molar-refractivity contribution in [2.45, 2.75) is 6.54 Å². The fourth-order valence-electron chi connectivity index (χ4n) is 1.50. The molecule has 76 valence electrons. The van der Waals surface area contributed by atoms with Crippen LogP contribution in [-0.2, 0) is 11.3 Å². The van der Waals surface area contributed by atoms with E-state index in [0.29, 0.717) is 12.1 Å². The number of allylic oxidation sites excluding steroid dienone is 1. The summed E-state index contributed by atoms with van der Waals surface area (Å²) in [5.74, 6) is -1.39. The van der Waals surface area contributed by atoms with Crippen molar-refractivity contribution in [3.05, 3.63) is 47.2 Å². The monoisotopic (exact) mass is 203 g/mol. The molecule has 0 saturated carbocycles. The van der Waals surface area contributed by atoms with Gasteiger partial charge in [-0.25, -0.2) is 4.79 Å². The van der Waals surface area contributed by atoms with Crippen molar-refractivity contribution in [3.8, 4) is 0 Å². The van der Waals surface area contributed by atoms with Crippen LogP contribution in [0.1, 0.15) is 15.9 Å². The second kappa shape index (κ2) is 3.57. The zero-order valence-electron chi connectivity index (χ0n) is 7.86. The molecule has 0 atom stereocenters. The summed E-state index contributed by atoms with van der Waals surface area (Å²) < 4.78 is 0. The molecule has 0 aliphatic carbocycles. The molecule has 0 amide bonds. The molecule has 15 heavy (non-hydrogen) atoms. The Hall–Kier alpha value is -2.10. The van der Waals surface area contributed by atoms with Crippen molar-refractivity contribution in [2.24, 2.45) is 0 Å². The van der Waals surface area contributed by atoms with Gasteiger partial charge in [-0.2, -0.15) is 0 Å². The maximum atomic E-state index is 11.6. The molecule has 0 radical (unpaired) electrons. The number of nitrogens with one attached hydrogen (secondary N) is 1. The maximum Gasteiger partial charge on any atom is 0.352 e. The van der Waals surface area contributed by atoms with Crippen LogP contribution in [0.5, 0.6) is 0 Å². The summed E-state index contributed by atoms with van der Waals surface area (Å²) in [7, 11) is 0. The number of carbonyl (C=O) groups is 2. The highest BCUT2D eigenvalue weighted by Crippen LogP contribution is 2.14. The molecule has 1 aliphatic rings. The lowest BCUT2D eigenvalue weighted by atomic mass is 10.0. The Labute approximate surface area is 86.2 Å². The van der Waals surface area contributed by atoms with Gasteiger partial charge in [0.15, 0.2) is 5.78 Å². The van der Waals surface area contributed by atoms with Crippen molar-refractivity contribution in [3.63, 3.8) is 0 Å². The average Bonchev–Trinajstić information content (AvgIpc) is 2.39. The van der Waals surface area contributed by atoms with Gasteiger partial charge in [-0.05, 0) is 5.56 Å². The van der Waals surface area contributed by atoms with E-state index in [1.807, 2.05) is 6.07 Å². The smallest absolute Gasteiger partial charge is 0.352 e. The first-order chi connectivity index (χ1) is 7.18. The number of carbonyl (C=O) groups excluding carboxylic acids is 1. The maximum absolute atomic E-state index is 11.6. The molecule has 0 aromatic heterocycles. The third-order valence-electron chi connectivity index (χ3n) is 2.26. The molecule has 0 spiro atoms. The molecule has 0 fully saturated rings. The van der Waals surface area contributed by atoms with Gasteiger partial charge in [0, 0.05) is 18.2 Å². The highest BCUT2D eigenvalue weighted by atomic mass is 16.4. The molecule has 1 aliphatic heterocycles. The Balaban J connectivity index is 2.44. The van der Waals surface area contributed by atoms with Crippen molar-refractivity contribution in [1.82, 2.24) is 5.32 Å². The van der Waals surface area contributed by atoms with Crippen LogP contribution in [-0.4, -0.2) is 16.9 Å². The van der Waals surface area contributed by atoms with Gasteiger partial charge in [-0.3, -0.25) is 4.79 Å². The van der Waals surface area contributed by atoms with Gasteiger partial charge in [-0.15, -0.1) is 0 Å². The van der Waals surface area contributed by atoms with Crippen molar-refractivity contribution < 1.29 is 14.7 Å². The predicted molar refractivity (Wildman–Crippen MR) is 53.3 cm³/mol. The summed E-state index contributed by atoms with van der Waals surface area (Å²) in [5, 5.41) is 11.5. The van der Waals surface area contributed by atoms with Gasteiger partial charge in [0.1, 0.15) is 5.70 Å². The quantitative estimate of drug-likeness (QED) is 0.712. The molecule has 2 N–H and O–H groups in total. The molecule has 1 aromatic carbocycles. The molecule has 0 unspecified atom stereocenters. The third kappa shape index (κ3) is 1.74. The Morgan fingerprint density at radius 2 is 2.07 bits per heavy atom. The van der Waals surface area contributed by atoms with Gasteiger partial charge in [0.05, 0.1) is 0 Å². The minimum atomic E-state index is -1.11. The van der Waals surface area contributed by atoms with E-state index >= 15 is 0 Å². The van der Waals surface area contributed by atoms with E-state index in [0.717, 1.165) is 11.6 Å². The second-order valence-corrected chi connectivity index (χ2v) is 3.24. The molecule has 0 saturated heterocycles. The lowest BCUT2D eigenvalue weighted by molar-refractivity contribution is -0.133. The van der Waals surface area contributed by atoms with Crippen LogP contribution in [0.15, 0.2) is 36.0 Å². The minimum Gasteiger partial charge on any atom is -0.477 e. The molecule has 1 aromatic rings. The van der Waals surface area contributed by atoms with Gasteiger partial charge >= 0.3 is 5.97 Å². The SMILES string of the molecule is O=C(O)C1=CC(=O)c2ccccc2CN1. The van der Waals surface area contributed by atoms with E-state index in [1.54, 1.807) is 18.2 Å². The predicted octanol–water partition coefficient (Wildman–Crippen LogP) is 0.941. The van der Waals surface area contributed by atoms with Crippen molar-refractivity contribution in [1.29, 1.82) is 0 Å². The van der Waals surface area contributed by atoms with E-state index in [9.17, 15) is 9.59 Å². The highest BCUT2D eigenvalue weighted by Gasteiger charge is 2.17. The Morgan fingerprint density at radius 3 is 2.80 bits per heavy atom. The Bertz CT molecular complexity index is 463. The Morgan fingerprint density at radius 1 is 1.33 bits per heavy atom. The molecule has 4 heteroatoms. The van der Waals surface area contributed by atoms with Crippen LogP contribution in [0.3, 0.4) is 0 Å². The third-order valence-corrected chi connectivity index (χ3v) is 2.26. The lowest BCUT2D eigenvalue weighted by Gasteiger charge is -2.04. The van der Waals surface area contributed by atoms with Crippen LogP contribution in [0.2, 0.25) is 0 Å². The van der Waals surface area contributed by atoms with Crippen LogP contribution < -0.4 is 5.32 Å². The number of rotatable bonds is 1. The summed E-state index contributed by atoms with van der Waals surface area (Å²) in [5.41, 5.74) is 1.31. The van der Waals surface area contributed by atoms with Crippen molar-refractivity contribution in [2.75, 3.05) is 0 Å². The molecule has 1 heterocycles. The summed E-state index contributed by atoms with van der Waals surface area (Å²) in [6, 6.07) is 7.08. The highest BCUT2D eigenvalue weighted by molar-refractivity contribution is 6.09. The first-order valence-corrected chi connectivity index (χ1v) is 4.49. The number of carboxylic acid groups (broad SMARTS) is 1. The van der Waals surface area contributed by atoms with Crippen LogP contribution in [0, 0.1) is 0 Å². The van der Waals surface area contributed by atoms with Crippen LogP contribution in [0.4, 0.5) is 0 Å². The number of ketones is 1. The minimum absolute atomic E-state index is 0.0591. The number of aliphatic carboxylic acids is 1. The van der Waals surface area contributed by atoms with Gasteiger partial charge in [0.2, 0.25) is 0 Å². The molecular formula is C11H9NO3. The van der Waals surface area contributed by atoms with E-state index < -0.39 is 5.97 Å². The number of hydrogen-bond acceptors (Lipinski definition) is 3.